The maximum atomic E-state index is 3.43. The van der Waals surface area contributed by atoms with E-state index in [4.69, 9.17) is 0 Å². The van der Waals surface area contributed by atoms with Gasteiger partial charge < -0.3 is 9.80 Å². The SMILES string of the molecule is Cc1ccc(N(c2ccc(C#Cc3ccc(N(C4=CC=IC=C4)c4ccc5c(c4)Cc4ccccc4-5)cc3)cc2)c2ccc3c(c2)Cc2ccccc2-3)cc1. The summed E-state index contributed by atoms with van der Waals surface area (Å²) in [5, 5.41) is 0. The highest BCUT2D eigenvalue weighted by Gasteiger charge is 2.22. The van der Waals surface area contributed by atoms with Gasteiger partial charge >= 0.3 is 0 Å². The zero-order valence-electron chi connectivity index (χ0n) is 30.5. The fourth-order valence-corrected chi connectivity index (χ4v) is 9.50. The van der Waals surface area contributed by atoms with Crippen LogP contribution in [0.1, 0.15) is 38.9 Å². The molecule has 1 aliphatic heterocycles. The van der Waals surface area contributed by atoms with Crippen LogP contribution in [0, 0.1) is 18.8 Å². The molecular formula is C52H37IN2. The van der Waals surface area contributed by atoms with Crippen LogP contribution in [0.5, 0.6) is 0 Å². The molecule has 0 aromatic heterocycles. The van der Waals surface area contributed by atoms with Crippen molar-refractivity contribution < 1.29 is 0 Å². The molecule has 55 heavy (non-hydrogen) atoms. The van der Waals surface area contributed by atoms with Crippen molar-refractivity contribution in [2.45, 2.75) is 19.8 Å². The number of hydrogen-bond acceptors (Lipinski definition) is 2. The molecule has 2 nitrogen and oxygen atoms in total. The first-order valence-electron chi connectivity index (χ1n) is 18.8. The second-order valence-corrected chi connectivity index (χ2v) is 16.5. The number of aryl methyl sites for hydroxylation is 1. The van der Waals surface area contributed by atoms with E-state index < -0.39 is 0 Å². The first-order valence-corrected chi connectivity index (χ1v) is 21.3. The van der Waals surface area contributed by atoms with E-state index in [1.807, 2.05) is 0 Å². The summed E-state index contributed by atoms with van der Waals surface area (Å²) in [7, 11) is 0. The Morgan fingerprint density at radius 2 is 0.909 bits per heavy atom. The van der Waals surface area contributed by atoms with Gasteiger partial charge in [-0.25, -0.2) is 0 Å². The zero-order chi connectivity index (χ0) is 36.7. The van der Waals surface area contributed by atoms with E-state index in [-0.39, 0.29) is 20.7 Å². The van der Waals surface area contributed by atoms with Crippen LogP contribution in [0.3, 0.4) is 0 Å². The Kier molecular flexibility index (Phi) is 8.62. The third-order valence-corrected chi connectivity index (χ3v) is 12.4. The first-order chi connectivity index (χ1) is 27.1. The van der Waals surface area contributed by atoms with Gasteiger partial charge in [-0.05, 0) is 169 Å². The predicted octanol–water partition coefficient (Wildman–Crippen LogP) is 13.3. The Morgan fingerprint density at radius 3 is 1.44 bits per heavy atom. The van der Waals surface area contributed by atoms with Crippen LogP contribution in [0.25, 0.3) is 22.3 Å². The zero-order valence-corrected chi connectivity index (χ0v) is 32.7. The highest BCUT2D eigenvalue weighted by atomic mass is 127. The van der Waals surface area contributed by atoms with Crippen molar-refractivity contribution in [3.63, 3.8) is 0 Å². The number of nitrogens with zero attached hydrogens (tertiary/aromatic N) is 2. The topological polar surface area (TPSA) is 6.48 Å². The van der Waals surface area contributed by atoms with Crippen molar-refractivity contribution in [1.29, 1.82) is 0 Å². The lowest BCUT2D eigenvalue weighted by Crippen LogP contribution is -2.16. The number of rotatable bonds is 6. The highest BCUT2D eigenvalue weighted by molar-refractivity contribution is 14.2. The average molecular weight is 817 g/mol. The first kappa shape index (κ1) is 33.4. The van der Waals surface area contributed by atoms with Gasteiger partial charge in [-0.2, -0.15) is 0 Å². The molecule has 0 fully saturated rings. The number of benzene rings is 7. The fourth-order valence-electron chi connectivity index (χ4n) is 8.11. The Balaban J connectivity index is 0.918. The van der Waals surface area contributed by atoms with Gasteiger partial charge in [0.25, 0.3) is 0 Å². The Labute approximate surface area is 333 Å². The molecule has 10 rings (SSSR count). The van der Waals surface area contributed by atoms with Crippen LogP contribution < -0.4 is 9.80 Å². The predicted molar refractivity (Wildman–Crippen MR) is 241 cm³/mol. The minimum atomic E-state index is -0.0189. The van der Waals surface area contributed by atoms with E-state index in [1.54, 1.807) is 0 Å². The molecule has 3 aliphatic rings. The molecule has 0 atom stereocenters. The maximum Gasteiger partial charge on any atom is 0.0470 e. The molecule has 0 saturated carbocycles. The quantitative estimate of drug-likeness (QED) is 0.122. The molecule has 0 bridgehead atoms. The Bertz CT molecular complexity index is 2760. The van der Waals surface area contributed by atoms with Gasteiger partial charge in [0.15, 0.2) is 0 Å². The Morgan fingerprint density at radius 1 is 0.455 bits per heavy atom. The van der Waals surface area contributed by atoms with Crippen LogP contribution in [0.2, 0.25) is 0 Å². The molecule has 0 radical (unpaired) electrons. The lowest BCUT2D eigenvalue weighted by Gasteiger charge is -2.27. The van der Waals surface area contributed by atoms with Crippen molar-refractivity contribution in [1.82, 2.24) is 0 Å². The van der Waals surface area contributed by atoms with Crippen molar-refractivity contribution in [2.75, 3.05) is 9.80 Å². The second kappa shape index (κ2) is 14.2. The van der Waals surface area contributed by atoms with Gasteiger partial charge in [0.2, 0.25) is 0 Å². The van der Waals surface area contributed by atoms with E-state index in [2.05, 4.69) is 207 Å². The summed E-state index contributed by atoms with van der Waals surface area (Å²) in [6.45, 7) is 2.14. The number of halogens is 1. The number of fused-ring (bicyclic) bond motifs is 6. The third kappa shape index (κ3) is 6.43. The van der Waals surface area contributed by atoms with E-state index in [1.165, 1.54) is 61.5 Å². The van der Waals surface area contributed by atoms with E-state index in [9.17, 15) is 0 Å². The van der Waals surface area contributed by atoms with Gasteiger partial charge in [-0.1, -0.05) is 111 Å². The number of hydrogen-bond donors (Lipinski definition) is 0. The van der Waals surface area contributed by atoms with Gasteiger partial charge in [0.1, 0.15) is 0 Å². The molecular weight excluding hydrogens is 779 g/mol. The number of allylic oxidation sites excluding steroid dienone is 2. The van der Waals surface area contributed by atoms with Gasteiger partial charge in [-0.3, -0.25) is 0 Å². The third-order valence-electron chi connectivity index (χ3n) is 10.8. The molecule has 0 amide bonds. The van der Waals surface area contributed by atoms with E-state index >= 15 is 0 Å². The molecule has 0 N–H and O–H groups in total. The fraction of sp³-hybridized carbons (Fsp3) is 0.0577. The average Bonchev–Trinajstić information content (AvgIpc) is 3.80. The summed E-state index contributed by atoms with van der Waals surface area (Å²) in [6, 6.07) is 57.5. The molecule has 7 aromatic rings. The summed E-state index contributed by atoms with van der Waals surface area (Å²) >= 11 is -0.0189. The lowest BCUT2D eigenvalue weighted by molar-refractivity contribution is 1.19. The van der Waals surface area contributed by atoms with Gasteiger partial charge in [-0.15, -0.1) is 0 Å². The molecule has 262 valence electrons. The molecule has 0 saturated heterocycles. The molecule has 0 spiro atoms. The Hall–Kier alpha value is -6.22. The molecule has 3 heteroatoms. The van der Waals surface area contributed by atoms with Crippen molar-refractivity contribution in [3.8, 4) is 34.1 Å². The standard InChI is InChI=1S/C52H37IN2/c1-36-10-18-43(19-11-36)54(47-24-26-51-41(34-47)32-39-6-2-4-8-49(39)51)44-20-14-37(15-21-44)12-13-38-16-22-45(23-17-38)55(46-28-30-53-31-29-46)48-25-27-52-42(35-48)33-40-7-3-5-9-50(40)52/h2-11,14-31,34-35H,32-33H2,1H3. The van der Waals surface area contributed by atoms with Crippen molar-refractivity contribution in [3.05, 3.63) is 219 Å². The summed E-state index contributed by atoms with van der Waals surface area (Å²) in [5.74, 6) is 6.87. The largest absolute Gasteiger partial charge is 0.310 e. The highest BCUT2D eigenvalue weighted by Crippen LogP contribution is 2.43. The smallest absolute Gasteiger partial charge is 0.0470 e. The van der Waals surface area contributed by atoms with E-state index in [0.29, 0.717) is 0 Å². The normalized spacial score (nSPS) is 13.0. The van der Waals surface area contributed by atoms with Crippen molar-refractivity contribution >= 4 is 53.2 Å². The summed E-state index contributed by atoms with van der Waals surface area (Å²) in [6.07, 6.45) is 6.49. The van der Waals surface area contributed by atoms with Gasteiger partial charge in [0, 0.05) is 45.3 Å². The van der Waals surface area contributed by atoms with Crippen LogP contribution >= 0.6 is 20.7 Å². The molecule has 2 aliphatic carbocycles. The minimum Gasteiger partial charge on any atom is -0.310 e. The van der Waals surface area contributed by atoms with E-state index in [0.717, 1.165) is 46.7 Å². The van der Waals surface area contributed by atoms with Gasteiger partial charge in [0.05, 0.1) is 0 Å². The molecule has 0 unspecified atom stereocenters. The van der Waals surface area contributed by atoms with Crippen LogP contribution in [-0.4, -0.2) is 4.01 Å². The molecule has 7 aromatic carbocycles. The van der Waals surface area contributed by atoms with Crippen molar-refractivity contribution in [2.24, 2.45) is 0 Å². The summed E-state index contributed by atoms with van der Waals surface area (Å²) in [5.41, 5.74) is 21.1. The van der Waals surface area contributed by atoms with Crippen LogP contribution in [-0.2, 0) is 12.8 Å². The monoisotopic (exact) mass is 816 g/mol. The van der Waals surface area contributed by atoms with Crippen LogP contribution in [0.15, 0.2) is 180 Å². The maximum absolute atomic E-state index is 3.43. The second-order valence-electron chi connectivity index (χ2n) is 14.3. The summed E-state index contributed by atoms with van der Waals surface area (Å²) in [4.78, 5) is 4.72. The minimum absolute atomic E-state index is 0.0189. The molecule has 1 heterocycles. The lowest BCUT2D eigenvalue weighted by atomic mass is 10.0. The summed E-state index contributed by atoms with van der Waals surface area (Å²) < 4.78 is 4.67. The van der Waals surface area contributed by atoms with Crippen LogP contribution in [0.4, 0.5) is 28.4 Å². The number of anilines is 5.